The van der Waals surface area contributed by atoms with Crippen molar-refractivity contribution in [1.29, 1.82) is 0 Å². The molecule has 150 valence electrons. The number of nitrogens with one attached hydrogen (secondary N) is 1. The molecule has 0 aliphatic carbocycles. The Morgan fingerprint density at radius 3 is 2.59 bits per heavy atom. The van der Waals surface area contributed by atoms with Crippen LogP contribution in [0.4, 0.5) is 4.39 Å². The van der Waals surface area contributed by atoms with E-state index in [1.54, 1.807) is 18.3 Å². The summed E-state index contributed by atoms with van der Waals surface area (Å²) in [4.78, 5) is 16.4. The highest BCUT2D eigenvalue weighted by atomic mass is 19.1. The summed E-state index contributed by atoms with van der Waals surface area (Å²) in [6.45, 7) is 4.27. The average molecular weight is 394 g/mol. The molecular formula is C23H23FN2O3. The van der Waals surface area contributed by atoms with Crippen molar-refractivity contribution in [2.24, 2.45) is 0 Å². The smallest absolute Gasteiger partial charge is 0.224 e. The lowest BCUT2D eigenvalue weighted by molar-refractivity contribution is -0.120. The molecule has 0 aliphatic heterocycles. The summed E-state index contributed by atoms with van der Waals surface area (Å²) in [5.41, 5.74) is 1.73. The van der Waals surface area contributed by atoms with Crippen LogP contribution in [0.15, 0.2) is 66.9 Å². The zero-order valence-electron chi connectivity index (χ0n) is 16.4. The van der Waals surface area contributed by atoms with E-state index < -0.39 is 0 Å². The first-order chi connectivity index (χ1) is 14.0. The fourth-order valence-corrected chi connectivity index (χ4v) is 2.69. The third-order valence-electron chi connectivity index (χ3n) is 3.96. The monoisotopic (exact) mass is 394 g/mol. The molecule has 1 N–H and O–H groups in total. The second kappa shape index (κ2) is 9.68. The first-order valence-corrected chi connectivity index (χ1v) is 9.38. The van der Waals surface area contributed by atoms with Gasteiger partial charge in [0.2, 0.25) is 11.8 Å². The van der Waals surface area contributed by atoms with E-state index in [4.69, 9.17) is 9.47 Å². The number of nitrogens with zero attached hydrogens (tertiary/aromatic N) is 1. The quantitative estimate of drug-likeness (QED) is 0.604. The normalized spacial score (nSPS) is 10.6. The second-order valence-electron chi connectivity index (χ2n) is 6.83. The maximum Gasteiger partial charge on any atom is 0.224 e. The predicted octanol–water partition coefficient (Wildman–Crippen LogP) is 4.66. The number of amides is 1. The number of halogens is 1. The van der Waals surface area contributed by atoms with Crippen molar-refractivity contribution < 1.29 is 18.7 Å². The average Bonchev–Trinajstić information content (AvgIpc) is 2.68. The molecule has 0 unspecified atom stereocenters. The van der Waals surface area contributed by atoms with Crippen molar-refractivity contribution in [3.8, 4) is 17.4 Å². The second-order valence-corrected chi connectivity index (χ2v) is 6.83. The van der Waals surface area contributed by atoms with Gasteiger partial charge in [0, 0.05) is 18.8 Å². The molecule has 6 heteroatoms. The minimum Gasteiger partial charge on any atom is -0.491 e. The Hall–Kier alpha value is -3.41. The van der Waals surface area contributed by atoms with Crippen molar-refractivity contribution in [2.75, 3.05) is 0 Å². The minimum atomic E-state index is -0.330. The van der Waals surface area contributed by atoms with Gasteiger partial charge >= 0.3 is 0 Å². The predicted molar refractivity (Wildman–Crippen MR) is 108 cm³/mol. The van der Waals surface area contributed by atoms with Crippen LogP contribution in [-0.2, 0) is 17.8 Å². The molecule has 0 spiro atoms. The van der Waals surface area contributed by atoms with Crippen molar-refractivity contribution in [1.82, 2.24) is 10.3 Å². The molecule has 1 amide bonds. The van der Waals surface area contributed by atoms with E-state index >= 15 is 0 Å². The molecule has 1 aromatic heterocycles. The van der Waals surface area contributed by atoms with E-state index in [-0.39, 0.29) is 24.2 Å². The van der Waals surface area contributed by atoms with E-state index in [1.807, 2.05) is 38.1 Å². The number of benzene rings is 2. The zero-order chi connectivity index (χ0) is 20.6. The van der Waals surface area contributed by atoms with Gasteiger partial charge in [0.1, 0.15) is 17.3 Å². The van der Waals surface area contributed by atoms with Crippen LogP contribution in [0.1, 0.15) is 25.0 Å². The number of ether oxygens (including phenoxy) is 2. The number of carbonyl (C=O) groups excluding carboxylic acids is 1. The Kier molecular flexibility index (Phi) is 6.79. The third kappa shape index (κ3) is 6.60. The van der Waals surface area contributed by atoms with Gasteiger partial charge in [0.05, 0.1) is 12.5 Å². The molecule has 3 aromatic rings. The fourth-order valence-electron chi connectivity index (χ4n) is 2.69. The lowest BCUT2D eigenvalue weighted by atomic mass is 10.1. The minimum absolute atomic E-state index is 0.0806. The van der Waals surface area contributed by atoms with E-state index in [2.05, 4.69) is 10.3 Å². The number of rotatable bonds is 8. The Morgan fingerprint density at radius 1 is 1.03 bits per heavy atom. The lowest BCUT2D eigenvalue weighted by Crippen LogP contribution is -2.24. The molecule has 0 saturated heterocycles. The topological polar surface area (TPSA) is 60.5 Å². The number of carbonyl (C=O) groups is 1. The summed E-state index contributed by atoms with van der Waals surface area (Å²) in [6.07, 6.45) is 1.95. The highest BCUT2D eigenvalue weighted by Crippen LogP contribution is 2.20. The summed E-state index contributed by atoms with van der Waals surface area (Å²) in [5.74, 6) is 1.19. The van der Waals surface area contributed by atoms with Gasteiger partial charge in [-0.05, 0) is 67.4 Å². The maximum atomic E-state index is 13.0. The number of aromatic nitrogens is 1. The van der Waals surface area contributed by atoms with Gasteiger partial charge in [0.25, 0.3) is 0 Å². The van der Waals surface area contributed by atoms with Crippen molar-refractivity contribution in [3.05, 3.63) is 83.8 Å². The van der Waals surface area contributed by atoms with E-state index in [0.29, 0.717) is 18.2 Å². The van der Waals surface area contributed by atoms with E-state index in [9.17, 15) is 9.18 Å². The Balaban J connectivity index is 1.54. The van der Waals surface area contributed by atoms with Gasteiger partial charge in [-0.25, -0.2) is 9.37 Å². The third-order valence-corrected chi connectivity index (χ3v) is 3.96. The summed E-state index contributed by atoms with van der Waals surface area (Å²) >= 11 is 0. The summed E-state index contributed by atoms with van der Waals surface area (Å²) in [6, 6.07) is 16.8. The van der Waals surface area contributed by atoms with Crippen LogP contribution in [0.2, 0.25) is 0 Å². The maximum absolute atomic E-state index is 13.0. The van der Waals surface area contributed by atoms with Crippen LogP contribution in [0.25, 0.3) is 0 Å². The van der Waals surface area contributed by atoms with Crippen LogP contribution >= 0.6 is 0 Å². The van der Waals surface area contributed by atoms with Gasteiger partial charge in [-0.1, -0.05) is 12.1 Å². The highest BCUT2D eigenvalue weighted by molar-refractivity contribution is 5.78. The largest absolute Gasteiger partial charge is 0.491 e. The standard InChI is InChI=1S/C23H23FN2O3/c1-16(2)28-21-5-3-4-17(12-21)13-22(27)26-15-18-10-11-25-23(14-18)29-20-8-6-19(24)7-9-20/h3-12,14,16H,13,15H2,1-2H3,(H,26,27). The molecular weight excluding hydrogens is 371 g/mol. The Bertz CT molecular complexity index is 958. The van der Waals surface area contributed by atoms with Gasteiger partial charge in [-0.3, -0.25) is 4.79 Å². The molecule has 0 saturated carbocycles. The van der Waals surface area contributed by atoms with Crippen LogP contribution in [0.3, 0.4) is 0 Å². The Labute approximate surface area is 169 Å². The SMILES string of the molecule is CC(C)Oc1cccc(CC(=O)NCc2ccnc(Oc3ccc(F)cc3)c2)c1. The molecule has 3 rings (SSSR count). The van der Waals surface area contributed by atoms with Gasteiger partial charge in [0.15, 0.2) is 0 Å². The number of hydrogen-bond donors (Lipinski definition) is 1. The summed E-state index contributed by atoms with van der Waals surface area (Å²) in [7, 11) is 0. The first kappa shape index (κ1) is 20.3. The molecule has 0 bridgehead atoms. The molecule has 5 nitrogen and oxygen atoms in total. The molecule has 0 aliphatic rings. The van der Waals surface area contributed by atoms with Gasteiger partial charge in [-0.2, -0.15) is 0 Å². The molecule has 0 radical (unpaired) electrons. The summed E-state index contributed by atoms with van der Waals surface area (Å²) < 4.78 is 24.3. The van der Waals surface area contributed by atoms with Crippen LogP contribution < -0.4 is 14.8 Å². The van der Waals surface area contributed by atoms with Crippen molar-refractivity contribution in [2.45, 2.75) is 32.9 Å². The molecule has 2 aromatic carbocycles. The molecule has 0 fully saturated rings. The lowest BCUT2D eigenvalue weighted by Gasteiger charge is -2.11. The van der Waals surface area contributed by atoms with Gasteiger partial charge < -0.3 is 14.8 Å². The van der Waals surface area contributed by atoms with E-state index in [0.717, 1.165) is 16.9 Å². The first-order valence-electron chi connectivity index (χ1n) is 9.38. The molecule has 1 heterocycles. The number of hydrogen-bond acceptors (Lipinski definition) is 4. The molecule has 0 atom stereocenters. The van der Waals surface area contributed by atoms with Crippen LogP contribution in [0, 0.1) is 5.82 Å². The Morgan fingerprint density at radius 2 is 1.83 bits per heavy atom. The summed E-state index contributed by atoms with van der Waals surface area (Å²) in [5, 5.41) is 2.89. The zero-order valence-corrected chi connectivity index (χ0v) is 16.4. The highest BCUT2D eigenvalue weighted by Gasteiger charge is 2.07. The van der Waals surface area contributed by atoms with Crippen molar-refractivity contribution >= 4 is 5.91 Å². The fraction of sp³-hybridized carbons (Fsp3) is 0.217. The van der Waals surface area contributed by atoms with E-state index in [1.165, 1.54) is 24.3 Å². The van der Waals surface area contributed by atoms with Gasteiger partial charge in [-0.15, -0.1) is 0 Å². The number of pyridine rings is 1. The molecule has 29 heavy (non-hydrogen) atoms. The van der Waals surface area contributed by atoms with Crippen LogP contribution in [-0.4, -0.2) is 17.0 Å². The van der Waals surface area contributed by atoms with Crippen LogP contribution in [0.5, 0.6) is 17.4 Å². The van der Waals surface area contributed by atoms with Crippen molar-refractivity contribution in [3.63, 3.8) is 0 Å².